The van der Waals surface area contributed by atoms with Crippen molar-refractivity contribution in [2.45, 2.75) is 25.2 Å². The summed E-state index contributed by atoms with van der Waals surface area (Å²) >= 11 is 0. The van der Waals surface area contributed by atoms with Gasteiger partial charge < -0.3 is 4.74 Å². The first-order valence-electron chi connectivity index (χ1n) is 4.10. The SMILES string of the molecule is C=C(C)C(=O)OC(C)C(F)(F)S(=O)(=O)OC. The van der Waals surface area contributed by atoms with Gasteiger partial charge in [-0.3, -0.25) is 4.18 Å². The average molecular weight is 258 g/mol. The minimum Gasteiger partial charge on any atom is -0.452 e. The number of alkyl halides is 2. The highest BCUT2D eigenvalue weighted by atomic mass is 32.2. The Morgan fingerprint density at radius 3 is 2.19 bits per heavy atom. The van der Waals surface area contributed by atoms with Crippen LogP contribution >= 0.6 is 0 Å². The molecule has 0 aliphatic rings. The van der Waals surface area contributed by atoms with Gasteiger partial charge >= 0.3 is 21.3 Å². The van der Waals surface area contributed by atoms with E-state index >= 15 is 0 Å². The van der Waals surface area contributed by atoms with Crippen LogP contribution in [0.2, 0.25) is 0 Å². The van der Waals surface area contributed by atoms with Crippen LogP contribution in [-0.4, -0.2) is 32.9 Å². The van der Waals surface area contributed by atoms with E-state index in [1.807, 2.05) is 0 Å². The van der Waals surface area contributed by atoms with Gasteiger partial charge in [-0.05, 0) is 13.8 Å². The van der Waals surface area contributed by atoms with Crippen LogP contribution in [0.3, 0.4) is 0 Å². The van der Waals surface area contributed by atoms with Crippen molar-refractivity contribution in [1.29, 1.82) is 0 Å². The topological polar surface area (TPSA) is 69.7 Å². The Hall–Kier alpha value is -1.02. The molecule has 0 aromatic heterocycles. The van der Waals surface area contributed by atoms with Gasteiger partial charge in [0.25, 0.3) is 0 Å². The van der Waals surface area contributed by atoms with E-state index in [1.165, 1.54) is 6.92 Å². The van der Waals surface area contributed by atoms with E-state index in [0.717, 1.165) is 6.92 Å². The number of esters is 1. The first-order valence-corrected chi connectivity index (χ1v) is 5.51. The summed E-state index contributed by atoms with van der Waals surface area (Å²) in [7, 11) is -4.51. The van der Waals surface area contributed by atoms with Crippen LogP contribution in [0.1, 0.15) is 13.8 Å². The van der Waals surface area contributed by atoms with Crippen LogP contribution in [0.15, 0.2) is 12.2 Å². The van der Waals surface area contributed by atoms with Gasteiger partial charge in [0.1, 0.15) is 0 Å². The zero-order valence-electron chi connectivity index (χ0n) is 8.99. The lowest BCUT2D eigenvalue weighted by Gasteiger charge is -2.22. The molecular weight excluding hydrogens is 246 g/mol. The second kappa shape index (κ2) is 4.88. The van der Waals surface area contributed by atoms with Gasteiger partial charge in [0.05, 0.1) is 7.11 Å². The fourth-order valence-corrected chi connectivity index (χ4v) is 1.32. The lowest BCUT2D eigenvalue weighted by atomic mass is 10.3. The predicted molar refractivity (Wildman–Crippen MR) is 51.2 cm³/mol. The zero-order valence-corrected chi connectivity index (χ0v) is 9.81. The smallest absolute Gasteiger partial charge is 0.405 e. The second-order valence-corrected chi connectivity index (χ2v) is 4.80. The molecule has 0 aliphatic heterocycles. The highest BCUT2D eigenvalue weighted by molar-refractivity contribution is 7.87. The third kappa shape index (κ3) is 2.99. The molecule has 0 aromatic carbocycles. The minimum absolute atomic E-state index is 0.113. The molecule has 0 saturated heterocycles. The van der Waals surface area contributed by atoms with Crippen molar-refractivity contribution in [2.24, 2.45) is 0 Å². The average Bonchev–Trinajstić information content (AvgIpc) is 2.16. The highest BCUT2D eigenvalue weighted by Crippen LogP contribution is 2.29. The van der Waals surface area contributed by atoms with Gasteiger partial charge in [-0.25, -0.2) is 4.79 Å². The van der Waals surface area contributed by atoms with Gasteiger partial charge in [0.15, 0.2) is 6.10 Å². The molecule has 0 heterocycles. The molecule has 0 spiro atoms. The van der Waals surface area contributed by atoms with Crippen LogP contribution in [-0.2, 0) is 23.8 Å². The Bertz CT molecular complexity index is 387. The van der Waals surface area contributed by atoms with Crippen molar-refractivity contribution in [3.8, 4) is 0 Å². The van der Waals surface area contributed by atoms with E-state index in [1.54, 1.807) is 0 Å². The second-order valence-electron chi connectivity index (χ2n) is 3.01. The molecule has 0 bridgehead atoms. The summed E-state index contributed by atoms with van der Waals surface area (Å²) in [6.07, 6.45) is -2.17. The molecule has 0 aromatic rings. The molecule has 16 heavy (non-hydrogen) atoms. The fourth-order valence-electron chi connectivity index (χ4n) is 0.644. The molecule has 0 fully saturated rings. The fraction of sp³-hybridized carbons (Fsp3) is 0.625. The highest BCUT2D eigenvalue weighted by Gasteiger charge is 2.53. The first-order chi connectivity index (χ1) is 7.06. The Kier molecular flexibility index (Phi) is 4.56. The van der Waals surface area contributed by atoms with Gasteiger partial charge in [0.2, 0.25) is 0 Å². The third-order valence-corrected chi connectivity index (χ3v) is 3.10. The van der Waals surface area contributed by atoms with Crippen molar-refractivity contribution in [2.75, 3.05) is 7.11 Å². The van der Waals surface area contributed by atoms with Gasteiger partial charge in [-0.1, -0.05) is 6.58 Å². The van der Waals surface area contributed by atoms with Crippen molar-refractivity contribution in [3.63, 3.8) is 0 Å². The summed E-state index contributed by atoms with van der Waals surface area (Å²) in [5, 5.41) is -4.31. The molecule has 94 valence electrons. The summed E-state index contributed by atoms with van der Waals surface area (Å²) in [6.45, 7) is 5.17. The first kappa shape index (κ1) is 15.0. The maximum atomic E-state index is 13.2. The van der Waals surface area contributed by atoms with Crippen molar-refractivity contribution < 1.29 is 30.9 Å². The maximum Gasteiger partial charge on any atom is 0.405 e. The van der Waals surface area contributed by atoms with Crippen LogP contribution in [0.5, 0.6) is 0 Å². The summed E-state index contributed by atoms with van der Waals surface area (Å²) in [5.74, 6) is -1.10. The minimum atomic E-state index is -5.11. The van der Waals surface area contributed by atoms with E-state index in [0.29, 0.717) is 7.11 Å². The summed E-state index contributed by atoms with van der Waals surface area (Å²) in [4.78, 5) is 10.9. The van der Waals surface area contributed by atoms with E-state index in [9.17, 15) is 22.0 Å². The Morgan fingerprint density at radius 1 is 1.44 bits per heavy atom. The van der Waals surface area contributed by atoms with Gasteiger partial charge in [-0.2, -0.15) is 17.2 Å². The van der Waals surface area contributed by atoms with Crippen LogP contribution in [0.25, 0.3) is 0 Å². The molecule has 8 heteroatoms. The molecule has 0 N–H and O–H groups in total. The Morgan fingerprint density at radius 2 is 1.88 bits per heavy atom. The van der Waals surface area contributed by atoms with Crippen molar-refractivity contribution in [1.82, 2.24) is 0 Å². The number of ether oxygens (including phenoxy) is 1. The summed E-state index contributed by atoms with van der Waals surface area (Å²) < 4.78 is 55.9. The standard InChI is InChI=1S/C8H12F2O5S/c1-5(2)7(11)15-6(3)8(9,10)16(12,13)14-4/h6H,1H2,2-4H3. The molecule has 5 nitrogen and oxygen atoms in total. The molecule has 0 saturated carbocycles. The van der Waals surface area contributed by atoms with E-state index in [4.69, 9.17) is 0 Å². The van der Waals surface area contributed by atoms with Crippen molar-refractivity contribution >= 4 is 16.1 Å². The van der Waals surface area contributed by atoms with Crippen molar-refractivity contribution in [3.05, 3.63) is 12.2 Å². The number of carbonyl (C=O) groups excluding carboxylic acids is 1. The quantitative estimate of drug-likeness (QED) is 0.419. The molecule has 1 atom stereocenters. The molecule has 0 aliphatic carbocycles. The van der Waals surface area contributed by atoms with Crippen LogP contribution < -0.4 is 0 Å². The zero-order chi connectivity index (χ0) is 13.1. The Labute approximate surface area is 92.2 Å². The number of carbonyl (C=O) groups is 1. The number of halogens is 2. The van der Waals surface area contributed by atoms with Gasteiger partial charge in [-0.15, -0.1) is 0 Å². The molecule has 1 unspecified atom stereocenters. The van der Waals surface area contributed by atoms with Gasteiger partial charge in [0, 0.05) is 5.57 Å². The number of rotatable bonds is 5. The monoisotopic (exact) mass is 258 g/mol. The summed E-state index contributed by atoms with van der Waals surface area (Å²) in [5.41, 5.74) is -0.113. The lowest BCUT2D eigenvalue weighted by molar-refractivity contribution is -0.154. The molecule has 0 radical (unpaired) electrons. The van der Waals surface area contributed by atoms with Crippen LogP contribution in [0.4, 0.5) is 8.78 Å². The van der Waals surface area contributed by atoms with E-state index in [2.05, 4.69) is 15.5 Å². The Balaban J connectivity index is 4.92. The third-order valence-electron chi connectivity index (χ3n) is 1.66. The van der Waals surface area contributed by atoms with E-state index < -0.39 is 27.4 Å². The van der Waals surface area contributed by atoms with E-state index in [-0.39, 0.29) is 5.57 Å². The molecule has 0 rings (SSSR count). The normalized spacial score (nSPS) is 14.3. The maximum absolute atomic E-state index is 13.2. The largest absolute Gasteiger partial charge is 0.452 e. The number of hydrogen-bond donors (Lipinski definition) is 0. The molecule has 0 amide bonds. The number of hydrogen-bond acceptors (Lipinski definition) is 5. The summed E-state index contributed by atoms with van der Waals surface area (Å²) in [6, 6.07) is 0. The van der Waals surface area contributed by atoms with Crippen LogP contribution in [0, 0.1) is 0 Å². The predicted octanol–water partition coefficient (Wildman–Crippen LogP) is 1.06. The molecular formula is C8H12F2O5S. The lowest BCUT2D eigenvalue weighted by Crippen LogP contribution is -2.42.